The number of rotatable bonds is 8. The summed E-state index contributed by atoms with van der Waals surface area (Å²) in [6.45, 7) is 4.96. The number of furan rings is 2. The van der Waals surface area contributed by atoms with E-state index in [1.54, 1.807) is 23.6 Å². The van der Waals surface area contributed by atoms with E-state index in [1.807, 2.05) is 35.0 Å². The second-order valence-corrected chi connectivity index (χ2v) is 7.99. The summed E-state index contributed by atoms with van der Waals surface area (Å²) in [5.41, 5.74) is 3.50. The van der Waals surface area contributed by atoms with Gasteiger partial charge < -0.3 is 13.7 Å². The number of imidazole rings is 1. The molecule has 0 spiro atoms. The minimum Gasteiger partial charge on any atom is -0.467 e. The van der Waals surface area contributed by atoms with Crippen LogP contribution >= 0.6 is 11.8 Å². The van der Waals surface area contributed by atoms with E-state index in [2.05, 4.69) is 37.0 Å². The van der Waals surface area contributed by atoms with Crippen molar-refractivity contribution in [2.45, 2.75) is 32.1 Å². The van der Waals surface area contributed by atoms with Gasteiger partial charge in [-0.25, -0.2) is 4.98 Å². The Morgan fingerprint density at radius 3 is 2.33 bits per heavy atom. The van der Waals surface area contributed by atoms with Crippen LogP contribution in [0.5, 0.6) is 0 Å². The van der Waals surface area contributed by atoms with Gasteiger partial charge in [0.05, 0.1) is 31.4 Å². The lowest BCUT2D eigenvalue weighted by atomic mass is 10.1. The van der Waals surface area contributed by atoms with Crippen LogP contribution in [-0.4, -0.2) is 26.1 Å². The van der Waals surface area contributed by atoms with E-state index in [0.717, 1.165) is 22.4 Å². The molecular weight excluding hydrogens is 398 g/mol. The molecule has 154 valence electrons. The van der Waals surface area contributed by atoms with Gasteiger partial charge in [-0.15, -0.1) is 0 Å². The van der Waals surface area contributed by atoms with Crippen molar-refractivity contribution in [2.75, 3.05) is 5.75 Å². The number of hydrogen-bond donors (Lipinski definition) is 0. The summed E-state index contributed by atoms with van der Waals surface area (Å²) in [6, 6.07) is 13.7. The average Bonchev–Trinajstić information content (AvgIpc) is 3.51. The molecule has 0 radical (unpaired) electrons. The molecule has 6 nitrogen and oxygen atoms in total. The molecule has 4 rings (SSSR count). The number of hydrogen-bond acceptors (Lipinski definition) is 5. The van der Waals surface area contributed by atoms with Crippen molar-refractivity contribution in [3.8, 4) is 5.69 Å². The topological polar surface area (TPSA) is 64.4 Å². The molecule has 0 N–H and O–H groups in total. The molecule has 1 aromatic carbocycles. The fourth-order valence-electron chi connectivity index (χ4n) is 3.10. The minimum absolute atomic E-state index is 0.0116. The van der Waals surface area contributed by atoms with Crippen LogP contribution < -0.4 is 0 Å². The van der Waals surface area contributed by atoms with Crippen molar-refractivity contribution in [2.24, 2.45) is 0 Å². The van der Waals surface area contributed by atoms with Crippen molar-refractivity contribution in [3.63, 3.8) is 0 Å². The fourth-order valence-corrected chi connectivity index (χ4v) is 3.98. The van der Waals surface area contributed by atoms with Gasteiger partial charge in [0.15, 0.2) is 5.16 Å². The van der Waals surface area contributed by atoms with Crippen molar-refractivity contribution >= 4 is 17.7 Å². The molecule has 3 heterocycles. The predicted molar refractivity (Wildman–Crippen MR) is 115 cm³/mol. The molecule has 0 aliphatic carbocycles. The maximum Gasteiger partial charge on any atom is 0.233 e. The van der Waals surface area contributed by atoms with Crippen LogP contribution in [0.25, 0.3) is 5.69 Å². The van der Waals surface area contributed by atoms with Gasteiger partial charge in [0.2, 0.25) is 5.91 Å². The summed E-state index contributed by atoms with van der Waals surface area (Å²) in [4.78, 5) is 19.2. The normalized spacial score (nSPS) is 11.0. The summed E-state index contributed by atoms with van der Waals surface area (Å²) in [6.07, 6.45) is 6.89. The van der Waals surface area contributed by atoms with E-state index in [0.29, 0.717) is 13.1 Å². The van der Waals surface area contributed by atoms with E-state index in [9.17, 15) is 4.79 Å². The highest BCUT2D eigenvalue weighted by Crippen LogP contribution is 2.23. The van der Waals surface area contributed by atoms with Crippen LogP contribution in [0.3, 0.4) is 0 Å². The number of benzene rings is 1. The number of carbonyl (C=O) groups is 1. The Kier molecular flexibility index (Phi) is 6.09. The first kappa shape index (κ1) is 20.1. The van der Waals surface area contributed by atoms with Gasteiger partial charge in [-0.1, -0.05) is 17.8 Å². The highest BCUT2D eigenvalue weighted by atomic mass is 32.2. The Hall–Kier alpha value is -3.19. The molecular formula is C23H23N3O3S. The first-order valence-electron chi connectivity index (χ1n) is 9.66. The van der Waals surface area contributed by atoms with Crippen molar-refractivity contribution in [1.29, 1.82) is 0 Å². The zero-order valence-corrected chi connectivity index (χ0v) is 17.8. The van der Waals surface area contributed by atoms with Gasteiger partial charge in [0.1, 0.15) is 11.5 Å². The number of aryl methyl sites for hydroxylation is 2. The quantitative estimate of drug-likeness (QED) is 0.375. The van der Waals surface area contributed by atoms with E-state index in [1.165, 1.54) is 22.9 Å². The summed E-state index contributed by atoms with van der Waals surface area (Å²) in [7, 11) is 0. The third-order valence-corrected chi connectivity index (χ3v) is 5.86. The average molecular weight is 422 g/mol. The SMILES string of the molecule is Cc1ccc(-n2ccnc2SCC(=O)N(Cc2ccco2)Cc2ccco2)cc1C. The number of nitrogens with zero attached hydrogens (tertiary/aromatic N) is 3. The van der Waals surface area contributed by atoms with Gasteiger partial charge in [-0.3, -0.25) is 9.36 Å². The smallest absolute Gasteiger partial charge is 0.233 e. The second-order valence-electron chi connectivity index (χ2n) is 7.05. The molecule has 30 heavy (non-hydrogen) atoms. The largest absolute Gasteiger partial charge is 0.467 e. The van der Waals surface area contributed by atoms with Gasteiger partial charge in [0.25, 0.3) is 0 Å². The third-order valence-electron chi connectivity index (χ3n) is 4.91. The molecule has 0 aliphatic rings. The van der Waals surface area contributed by atoms with Crippen LogP contribution in [-0.2, 0) is 17.9 Å². The zero-order chi connectivity index (χ0) is 20.9. The molecule has 0 fully saturated rings. The lowest BCUT2D eigenvalue weighted by Crippen LogP contribution is -2.31. The predicted octanol–water partition coefficient (Wildman–Crippen LogP) is 5.00. The van der Waals surface area contributed by atoms with E-state index < -0.39 is 0 Å². The van der Waals surface area contributed by atoms with E-state index >= 15 is 0 Å². The summed E-state index contributed by atoms with van der Waals surface area (Å²) < 4.78 is 12.9. The molecule has 1 amide bonds. The zero-order valence-electron chi connectivity index (χ0n) is 16.9. The first-order chi connectivity index (χ1) is 14.6. The van der Waals surface area contributed by atoms with Crippen molar-refractivity contribution in [3.05, 3.63) is 90.0 Å². The Morgan fingerprint density at radius 2 is 1.73 bits per heavy atom. The second kappa shape index (κ2) is 9.09. The third kappa shape index (κ3) is 4.68. The Labute approximate surface area is 179 Å². The summed E-state index contributed by atoms with van der Waals surface area (Å²) in [5, 5.41) is 0.780. The standard InChI is InChI=1S/C23H23N3O3S/c1-17-7-8-19(13-18(17)2)26-10-9-24-23(26)30-16-22(27)25(14-20-5-3-11-28-20)15-21-6-4-12-29-21/h3-13H,14-16H2,1-2H3. The number of aromatic nitrogens is 2. The van der Waals surface area contributed by atoms with Crippen LogP contribution in [0, 0.1) is 13.8 Å². The maximum atomic E-state index is 13.0. The molecule has 0 saturated carbocycles. The van der Waals surface area contributed by atoms with Crippen LogP contribution in [0.15, 0.2) is 81.4 Å². The monoisotopic (exact) mass is 421 g/mol. The molecule has 0 atom stereocenters. The molecule has 0 aliphatic heterocycles. The van der Waals surface area contributed by atoms with Crippen molar-refractivity contribution < 1.29 is 13.6 Å². The van der Waals surface area contributed by atoms with Gasteiger partial charge in [0, 0.05) is 18.1 Å². The molecule has 3 aromatic heterocycles. The van der Waals surface area contributed by atoms with Crippen LogP contribution in [0.1, 0.15) is 22.6 Å². The maximum absolute atomic E-state index is 13.0. The van der Waals surface area contributed by atoms with Crippen LogP contribution in [0.2, 0.25) is 0 Å². The lowest BCUT2D eigenvalue weighted by Gasteiger charge is -2.20. The van der Waals surface area contributed by atoms with Crippen molar-refractivity contribution in [1.82, 2.24) is 14.5 Å². The first-order valence-corrected chi connectivity index (χ1v) is 10.6. The van der Waals surface area contributed by atoms with Gasteiger partial charge >= 0.3 is 0 Å². The Bertz CT molecular complexity index is 1060. The number of thioether (sulfide) groups is 1. The fraction of sp³-hybridized carbons (Fsp3) is 0.217. The molecule has 0 unspecified atom stereocenters. The molecule has 0 bridgehead atoms. The molecule has 7 heteroatoms. The van der Waals surface area contributed by atoms with Gasteiger partial charge in [-0.05, 0) is 61.4 Å². The summed E-state index contributed by atoms with van der Waals surface area (Å²) in [5.74, 6) is 1.72. The molecule has 4 aromatic rings. The number of carbonyl (C=O) groups excluding carboxylic acids is 1. The Balaban J connectivity index is 1.47. The minimum atomic E-state index is -0.0116. The van der Waals surface area contributed by atoms with E-state index in [-0.39, 0.29) is 11.7 Å². The highest BCUT2D eigenvalue weighted by molar-refractivity contribution is 7.99. The number of amides is 1. The highest BCUT2D eigenvalue weighted by Gasteiger charge is 2.19. The molecule has 0 saturated heterocycles. The summed E-state index contributed by atoms with van der Waals surface area (Å²) >= 11 is 1.42. The van der Waals surface area contributed by atoms with Gasteiger partial charge in [-0.2, -0.15) is 0 Å². The van der Waals surface area contributed by atoms with Crippen LogP contribution in [0.4, 0.5) is 0 Å². The lowest BCUT2D eigenvalue weighted by molar-refractivity contribution is -0.130. The Morgan fingerprint density at radius 1 is 1.03 bits per heavy atom. The van der Waals surface area contributed by atoms with E-state index in [4.69, 9.17) is 8.83 Å².